The zero-order valence-electron chi connectivity index (χ0n) is 12.2. The van der Waals surface area contributed by atoms with E-state index < -0.39 is 0 Å². The van der Waals surface area contributed by atoms with Crippen molar-refractivity contribution >= 4 is 28.2 Å². The highest BCUT2D eigenvalue weighted by Gasteiger charge is 2.32. The zero-order chi connectivity index (χ0) is 15.0. The van der Waals surface area contributed by atoms with E-state index >= 15 is 0 Å². The summed E-state index contributed by atoms with van der Waals surface area (Å²) in [7, 11) is 0. The number of likely N-dealkylation sites (tertiary alicyclic amines) is 1. The number of nitrogens with two attached hydrogens (primary N) is 1. The van der Waals surface area contributed by atoms with Gasteiger partial charge in [-0.3, -0.25) is 4.79 Å². The monoisotopic (exact) mass is 310 g/mol. The molecule has 0 radical (unpaired) electrons. The van der Waals surface area contributed by atoms with Gasteiger partial charge in [0.25, 0.3) is 5.91 Å². The Morgan fingerprint density at radius 2 is 2.29 bits per heavy atom. The number of anilines is 2. The average molecular weight is 310 g/mol. The predicted molar refractivity (Wildman–Crippen MR) is 83.5 cm³/mol. The molecule has 21 heavy (non-hydrogen) atoms. The molecule has 2 atom stereocenters. The summed E-state index contributed by atoms with van der Waals surface area (Å²) in [5.41, 5.74) is 5.90. The van der Waals surface area contributed by atoms with Crippen molar-refractivity contribution in [3.05, 3.63) is 4.88 Å². The van der Waals surface area contributed by atoms with Crippen LogP contribution in [0.15, 0.2) is 0 Å². The van der Waals surface area contributed by atoms with Gasteiger partial charge in [-0.2, -0.15) is 0 Å². The Balaban J connectivity index is 1.67. The number of carbonyl (C=O) groups is 1. The normalized spacial score (nSPS) is 23.9. The predicted octanol–water partition coefficient (Wildman–Crippen LogP) is 1.53. The third kappa shape index (κ3) is 2.98. The highest BCUT2D eigenvalue weighted by Crippen LogP contribution is 2.31. The van der Waals surface area contributed by atoms with Gasteiger partial charge in [0.1, 0.15) is 10.7 Å². The first-order chi connectivity index (χ1) is 10.0. The van der Waals surface area contributed by atoms with Crippen molar-refractivity contribution < 1.29 is 9.90 Å². The van der Waals surface area contributed by atoms with E-state index in [2.05, 4.69) is 10.3 Å². The van der Waals surface area contributed by atoms with Crippen molar-refractivity contribution in [2.24, 2.45) is 5.92 Å². The SMILES string of the molecule is CC(O)C1CCN(C(=O)c2sc(NC3CCC3)nc2N)C1. The molecule has 6 nitrogen and oxygen atoms in total. The Morgan fingerprint density at radius 1 is 1.52 bits per heavy atom. The van der Waals surface area contributed by atoms with Crippen LogP contribution in [0.4, 0.5) is 10.9 Å². The van der Waals surface area contributed by atoms with E-state index in [0.717, 1.165) is 24.4 Å². The van der Waals surface area contributed by atoms with Gasteiger partial charge in [-0.15, -0.1) is 0 Å². The minimum atomic E-state index is -0.377. The lowest BCUT2D eigenvalue weighted by atomic mass is 9.93. The number of nitrogen functional groups attached to an aromatic ring is 1. The molecule has 3 rings (SSSR count). The van der Waals surface area contributed by atoms with Gasteiger partial charge in [-0.25, -0.2) is 4.98 Å². The van der Waals surface area contributed by atoms with Crippen LogP contribution >= 0.6 is 11.3 Å². The number of carbonyl (C=O) groups excluding carboxylic acids is 1. The van der Waals surface area contributed by atoms with Crippen LogP contribution in [0.2, 0.25) is 0 Å². The van der Waals surface area contributed by atoms with Crippen LogP contribution in [0.3, 0.4) is 0 Å². The first-order valence-corrected chi connectivity index (χ1v) is 8.36. The average Bonchev–Trinajstić information content (AvgIpc) is 3.00. The lowest BCUT2D eigenvalue weighted by Gasteiger charge is -2.25. The molecule has 0 spiro atoms. The van der Waals surface area contributed by atoms with Gasteiger partial charge < -0.3 is 21.1 Å². The molecule has 2 heterocycles. The first kappa shape index (κ1) is 14.6. The number of hydrogen-bond acceptors (Lipinski definition) is 6. The van der Waals surface area contributed by atoms with Crippen LogP contribution in [-0.2, 0) is 0 Å². The van der Waals surface area contributed by atoms with Crippen LogP contribution in [-0.4, -0.2) is 46.1 Å². The van der Waals surface area contributed by atoms with Crippen LogP contribution in [0.25, 0.3) is 0 Å². The number of thiazole rings is 1. The largest absolute Gasteiger partial charge is 0.393 e. The van der Waals surface area contributed by atoms with Gasteiger partial charge in [0.15, 0.2) is 5.13 Å². The second-order valence-electron chi connectivity index (χ2n) is 6.05. The molecule has 1 aliphatic carbocycles. The summed E-state index contributed by atoms with van der Waals surface area (Å²) in [4.78, 5) is 19.1. The van der Waals surface area contributed by atoms with Crippen molar-refractivity contribution in [2.45, 2.75) is 44.8 Å². The Bertz CT molecular complexity index is 527. The van der Waals surface area contributed by atoms with Crippen molar-refractivity contribution in [1.29, 1.82) is 0 Å². The maximum absolute atomic E-state index is 12.5. The van der Waals surface area contributed by atoms with Gasteiger partial charge in [0.05, 0.1) is 6.10 Å². The first-order valence-electron chi connectivity index (χ1n) is 7.54. The molecule has 1 saturated carbocycles. The number of hydrogen-bond donors (Lipinski definition) is 3. The number of amides is 1. The summed E-state index contributed by atoms with van der Waals surface area (Å²) in [6.45, 7) is 3.05. The molecule has 1 saturated heterocycles. The summed E-state index contributed by atoms with van der Waals surface area (Å²) in [5, 5.41) is 13.7. The molecule has 1 aromatic heterocycles. The Hall–Kier alpha value is -1.34. The van der Waals surface area contributed by atoms with E-state index in [1.54, 1.807) is 11.8 Å². The molecular formula is C14H22N4O2S. The molecule has 4 N–H and O–H groups in total. The molecule has 1 amide bonds. The second-order valence-corrected chi connectivity index (χ2v) is 7.05. The molecule has 2 unspecified atom stereocenters. The highest BCUT2D eigenvalue weighted by molar-refractivity contribution is 7.18. The Kier molecular flexibility index (Phi) is 4.03. The molecule has 2 aliphatic rings. The zero-order valence-corrected chi connectivity index (χ0v) is 13.0. The van der Waals surface area contributed by atoms with Crippen LogP contribution in [0.5, 0.6) is 0 Å². The van der Waals surface area contributed by atoms with Crippen molar-refractivity contribution in [3.8, 4) is 0 Å². The van der Waals surface area contributed by atoms with Gasteiger partial charge >= 0.3 is 0 Å². The summed E-state index contributed by atoms with van der Waals surface area (Å²) in [6.07, 6.45) is 4.03. The highest BCUT2D eigenvalue weighted by atomic mass is 32.1. The number of nitrogens with zero attached hydrogens (tertiary/aromatic N) is 2. The van der Waals surface area contributed by atoms with Crippen molar-refractivity contribution in [3.63, 3.8) is 0 Å². The van der Waals surface area contributed by atoms with Crippen molar-refractivity contribution in [1.82, 2.24) is 9.88 Å². The number of nitrogens with one attached hydrogen (secondary N) is 1. The van der Waals surface area contributed by atoms with Gasteiger partial charge in [0.2, 0.25) is 0 Å². The molecule has 2 fully saturated rings. The lowest BCUT2D eigenvalue weighted by molar-refractivity contribution is 0.0768. The maximum Gasteiger partial charge on any atom is 0.267 e. The molecule has 1 aliphatic heterocycles. The van der Waals surface area contributed by atoms with Crippen LogP contribution in [0, 0.1) is 5.92 Å². The van der Waals surface area contributed by atoms with Crippen molar-refractivity contribution in [2.75, 3.05) is 24.1 Å². The summed E-state index contributed by atoms with van der Waals surface area (Å²) in [6, 6.07) is 0.477. The van der Waals surface area contributed by atoms with Gasteiger partial charge in [-0.05, 0) is 32.6 Å². The fourth-order valence-corrected chi connectivity index (χ4v) is 3.71. The van der Waals surface area contributed by atoms with Gasteiger partial charge in [-0.1, -0.05) is 11.3 Å². The number of rotatable bonds is 4. The molecular weight excluding hydrogens is 288 g/mol. The van der Waals surface area contributed by atoms with Crippen LogP contribution < -0.4 is 11.1 Å². The third-order valence-electron chi connectivity index (χ3n) is 4.47. The van der Waals surface area contributed by atoms with E-state index in [1.807, 2.05) is 0 Å². The van der Waals surface area contributed by atoms with E-state index in [4.69, 9.17) is 5.73 Å². The van der Waals surface area contributed by atoms with Crippen LogP contribution in [0.1, 0.15) is 42.3 Å². The molecule has 1 aromatic rings. The standard InChI is InChI=1S/C14H22N4O2S/c1-8(19)9-5-6-18(7-9)13(20)11-12(15)17-14(21-11)16-10-3-2-4-10/h8-10,19H,2-7,15H2,1H3,(H,16,17). The Labute approximate surface area is 128 Å². The molecule has 0 bridgehead atoms. The summed E-state index contributed by atoms with van der Waals surface area (Å²) in [5.74, 6) is 0.415. The van der Waals surface area contributed by atoms with Gasteiger partial charge in [0, 0.05) is 25.0 Å². The van der Waals surface area contributed by atoms with E-state index in [-0.39, 0.29) is 17.9 Å². The second kappa shape index (κ2) is 5.81. The quantitative estimate of drug-likeness (QED) is 0.784. The fourth-order valence-electron chi connectivity index (χ4n) is 2.78. The minimum absolute atomic E-state index is 0.0604. The summed E-state index contributed by atoms with van der Waals surface area (Å²) < 4.78 is 0. The minimum Gasteiger partial charge on any atom is -0.393 e. The van der Waals surface area contributed by atoms with E-state index in [0.29, 0.717) is 29.8 Å². The molecule has 0 aromatic carbocycles. The Morgan fingerprint density at radius 3 is 2.86 bits per heavy atom. The topological polar surface area (TPSA) is 91.5 Å². The number of aliphatic hydroxyl groups excluding tert-OH is 1. The lowest BCUT2D eigenvalue weighted by Crippen LogP contribution is -2.30. The molecule has 116 valence electrons. The number of aliphatic hydroxyl groups is 1. The number of aromatic nitrogens is 1. The molecule has 7 heteroatoms. The third-order valence-corrected chi connectivity index (χ3v) is 5.46. The fraction of sp³-hybridized carbons (Fsp3) is 0.714. The maximum atomic E-state index is 12.5. The smallest absolute Gasteiger partial charge is 0.267 e. The summed E-state index contributed by atoms with van der Waals surface area (Å²) >= 11 is 1.34. The van der Waals surface area contributed by atoms with E-state index in [1.165, 1.54) is 17.8 Å². The van der Waals surface area contributed by atoms with E-state index in [9.17, 15) is 9.90 Å².